The van der Waals surface area contributed by atoms with E-state index in [0.717, 1.165) is 17.7 Å². The molecule has 0 saturated heterocycles. The summed E-state index contributed by atoms with van der Waals surface area (Å²) in [6.45, 7) is 6.78. The second-order valence-corrected chi connectivity index (χ2v) is 7.48. The van der Waals surface area contributed by atoms with Crippen LogP contribution < -0.4 is 10.6 Å². The Morgan fingerprint density at radius 1 is 1.00 bits per heavy atom. The molecule has 3 rings (SSSR count). The normalized spacial score (nSPS) is 10.8. The minimum atomic E-state index is -0.327. The second kappa shape index (κ2) is 9.87. The number of nitrogens with zero attached hydrogens (tertiary/aromatic N) is 2. The van der Waals surface area contributed by atoms with Crippen LogP contribution >= 0.6 is 0 Å². The molecular formula is C24H28N4O2. The first-order chi connectivity index (χ1) is 14.5. The number of hydrogen-bond donors (Lipinski definition) is 2. The summed E-state index contributed by atoms with van der Waals surface area (Å²) in [6, 6.07) is 17.7. The molecule has 0 saturated carbocycles. The fraction of sp³-hybridized carbons (Fsp3) is 0.292. The van der Waals surface area contributed by atoms with Crippen molar-refractivity contribution in [2.45, 2.75) is 33.1 Å². The van der Waals surface area contributed by atoms with Crippen molar-refractivity contribution in [1.82, 2.24) is 20.4 Å². The molecule has 2 amide bonds. The van der Waals surface area contributed by atoms with Crippen molar-refractivity contribution in [1.29, 1.82) is 0 Å². The summed E-state index contributed by atoms with van der Waals surface area (Å²) in [5.41, 5.74) is 3.95. The fourth-order valence-electron chi connectivity index (χ4n) is 3.07. The zero-order chi connectivity index (χ0) is 21.5. The lowest BCUT2D eigenvalue weighted by atomic mass is 10.00. The summed E-state index contributed by atoms with van der Waals surface area (Å²) >= 11 is 0. The van der Waals surface area contributed by atoms with Gasteiger partial charge in [-0.3, -0.25) is 9.59 Å². The molecule has 156 valence electrons. The average Bonchev–Trinajstić information content (AvgIpc) is 3.22. The minimum absolute atomic E-state index is 0.0684. The highest BCUT2D eigenvalue weighted by Gasteiger charge is 2.19. The van der Waals surface area contributed by atoms with E-state index in [-0.39, 0.29) is 18.4 Å². The monoisotopic (exact) mass is 404 g/mol. The van der Waals surface area contributed by atoms with Crippen LogP contribution in [0.1, 0.15) is 49.0 Å². The minimum Gasteiger partial charge on any atom is -0.355 e. The van der Waals surface area contributed by atoms with Gasteiger partial charge in [-0.05, 0) is 30.0 Å². The first kappa shape index (κ1) is 21.3. The van der Waals surface area contributed by atoms with Crippen LogP contribution in [-0.2, 0) is 4.79 Å². The largest absolute Gasteiger partial charge is 0.355 e. The van der Waals surface area contributed by atoms with Gasteiger partial charge >= 0.3 is 0 Å². The van der Waals surface area contributed by atoms with Gasteiger partial charge < -0.3 is 10.6 Å². The van der Waals surface area contributed by atoms with Gasteiger partial charge in [0.25, 0.3) is 5.91 Å². The Morgan fingerprint density at radius 3 is 2.33 bits per heavy atom. The Kier molecular flexibility index (Phi) is 7.01. The quantitative estimate of drug-likeness (QED) is 0.597. The van der Waals surface area contributed by atoms with E-state index in [9.17, 15) is 9.59 Å². The van der Waals surface area contributed by atoms with Gasteiger partial charge in [0.1, 0.15) is 5.69 Å². The van der Waals surface area contributed by atoms with E-state index in [2.05, 4.69) is 41.7 Å². The molecular weight excluding hydrogens is 376 g/mol. The molecule has 0 aliphatic rings. The van der Waals surface area contributed by atoms with E-state index >= 15 is 0 Å². The summed E-state index contributed by atoms with van der Waals surface area (Å²) < 4.78 is 1.69. The molecule has 0 fully saturated rings. The van der Waals surface area contributed by atoms with Gasteiger partial charge in [0, 0.05) is 18.3 Å². The predicted molar refractivity (Wildman–Crippen MR) is 119 cm³/mol. The Bertz CT molecular complexity index is 992. The van der Waals surface area contributed by atoms with Crippen LogP contribution in [0.5, 0.6) is 0 Å². The third kappa shape index (κ3) is 5.14. The summed E-state index contributed by atoms with van der Waals surface area (Å²) in [4.78, 5) is 24.8. The predicted octanol–water partition coefficient (Wildman–Crippen LogP) is 3.92. The number of carbonyl (C=O) groups is 2. The highest BCUT2D eigenvalue weighted by molar-refractivity contribution is 6.01. The third-order valence-corrected chi connectivity index (χ3v) is 4.81. The third-order valence-electron chi connectivity index (χ3n) is 4.81. The standard InChI is InChI=1S/C24H28N4O2/c1-4-14-25-22(29)15-26-24(30)21-16-28(20-8-6-5-7-9-20)27-23(21)19-12-10-18(11-13-19)17(2)3/h5-13,16-17H,4,14-15H2,1-3H3,(H,25,29)(H,26,30). The molecule has 6 heteroatoms. The van der Waals surface area contributed by atoms with E-state index in [4.69, 9.17) is 0 Å². The number of benzene rings is 2. The van der Waals surface area contributed by atoms with Gasteiger partial charge in [0.2, 0.25) is 5.91 Å². The molecule has 0 spiro atoms. The number of amides is 2. The number of carbonyl (C=O) groups excluding carboxylic acids is 2. The lowest BCUT2D eigenvalue weighted by Gasteiger charge is -2.08. The van der Waals surface area contributed by atoms with E-state index in [1.165, 1.54) is 5.56 Å². The van der Waals surface area contributed by atoms with Crippen molar-refractivity contribution in [3.05, 3.63) is 71.9 Å². The zero-order valence-electron chi connectivity index (χ0n) is 17.7. The van der Waals surface area contributed by atoms with Crippen LogP contribution in [0.3, 0.4) is 0 Å². The molecule has 0 aliphatic carbocycles. The van der Waals surface area contributed by atoms with Gasteiger partial charge in [0.05, 0.1) is 17.8 Å². The first-order valence-electron chi connectivity index (χ1n) is 10.3. The second-order valence-electron chi connectivity index (χ2n) is 7.48. The molecule has 0 unspecified atom stereocenters. The van der Waals surface area contributed by atoms with Crippen LogP contribution in [0.15, 0.2) is 60.8 Å². The van der Waals surface area contributed by atoms with Gasteiger partial charge in [-0.2, -0.15) is 5.10 Å². The molecule has 1 aromatic heterocycles. The Labute approximate surface area is 177 Å². The number of rotatable bonds is 8. The van der Waals surface area contributed by atoms with Crippen molar-refractivity contribution in [2.75, 3.05) is 13.1 Å². The summed E-state index contributed by atoms with van der Waals surface area (Å²) in [5, 5.41) is 10.1. The lowest BCUT2D eigenvalue weighted by molar-refractivity contribution is -0.120. The van der Waals surface area contributed by atoms with Gasteiger partial charge in [0.15, 0.2) is 0 Å². The van der Waals surface area contributed by atoms with E-state index in [1.54, 1.807) is 10.9 Å². The Balaban J connectivity index is 1.91. The van der Waals surface area contributed by atoms with Crippen molar-refractivity contribution < 1.29 is 9.59 Å². The Morgan fingerprint density at radius 2 is 1.70 bits per heavy atom. The number of nitrogens with one attached hydrogen (secondary N) is 2. The number of hydrogen-bond acceptors (Lipinski definition) is 3. The van der Waals surface area contributed by atoms with E-state index < -0.39 is 0 Å². The van der Waals surface area contributed by atoms with Crippen LogP contribution in [0.25, 0.3) is 16.9 Å². The van der Waals surface area contributed by atoms with Crippen LogP contribution in [0.2, 0.25) is 0 Å². The number of aromatic nitrogens is 2. The Hall–Kier alpha value is -3.41. The molecule has 6 nitrogen and oxygen atoms in total. The van der Waals surface area contributed by atoms with Crippen molar-refractivity contribution >= 4 is 11.8 Å². The number of para-hydroxylation sites is 1. The molecule has 2 aromatic carbocycles. The van der Waals surface area contributed by atoms with E-state index in [1.807, 2.05) is 49.4 Å². The maximum absolute atomic E-state index is 12.9. The summed E-state index contributed by atoms with van der Waals surface area (Å²) in [5.74, 6) is -0.111. The first-order valence-corrected chi connectivity index (χ1v) is 10.3. The van der Waals surface area contributed by atoms with Crippen molar-refractivity contribution in [3.63, 3.8) is 0 Å². The van der Waals surface area contributed by atoms with Crippen molar-refractivity contribution in [3.8, 4) is 16.9 Å². The van der Waals surface area contributed by atoms with Crippen molar-refractivity contribution in [2.24, 2.45) is 0 Å². The maximum atomic E-state index is 12.9. The molecule has 0 bridgehead atoms. The molecule has 1 heterocycles. The van der Waals surface area contributed by atoms with Gasteiger partial charge in [-0.15, -0.1) is 0 Å². The molecule has 3 aromatic rings. The van der Waals surface area contributed by atoms with Gasteiger partial charge in [-0.1, -0.05) is 63.2 Å². The molecule has 0 radical (unpaired) electrons. The molecule has 0 aliphatic heterocycles. The molecule has 0 atom stereocenters. The van der Waals surface area contributed by atoms with Crippen LogP contribution in [-0.4, -0.2) is 34.7 Å². The lowest BCUT2D eigenvalue weighted by Crippen LogP contribution is -2.37. The fourth-order valence-corrected chi connectivity index (χ4v) is 3.07. The molecule has 2 N–H and O–H groups in total. The highest BCUT2D eigenvalue weighted by atomic mass is 16.2. The smallest absolute Gasteiger partial charge is 0.255 e. The van der Waals surface area contributed by atoms with Crippen LogP contribution in [0, 0.1) is 0 Å². The summed E-state index contributed by atoms with van der Waals surface area (Å²) in [6.07, 6.45) is 2.56. The highest BCUT2D eigenvalue weighted by Crippen LogP contribution is 2.26. The molecule has 30 heavy (non-hydrogen) atoms. The van der Waals surface area contributed by atoms with Crippen LogP contribution in [0.4, 0.5) is 0 Å². The zero-order valence-corrected chi connectivity index (χ0v) is 17.7. The average molecular weight is 405 g/mol. The summed E-state index contributed by atoms with van der Waals surface area (Å²) in [7, 11) is 0. The topological polar surface area (TPSA) is 76.0 Å². The van der Waals surface area contributed by atoms with E-state index in [0.29, 0.717) is 23.7 Å². The maximum Gasteiger partial charge on any atom is 0.255 e. The SMILES string of the molecule is CCCNC(=O)CNC(=O)c1cn(-c2ccccc2)nc1-c1ccc(C(C)C)cc1. The van der Waals surface area contributed by atoms with Gasteiger partial charge in [-0.25, -0.2) is 4.68 Å².